The van der Waals surface area contributed by atoms with Gasteiger partial charge in [0.2, 0.25) is 0 Å². The SMILES string of the molecule is CC[N+](C)(CC)CCOC(=O)C(c1ccccc1)C(O)C(C)C. The third-order valence-electron chi connectivity index (χ3n) is 4.84. The first-order valence-electron chi connectivity index (χ1n) is 8.57. The number of esters is 1. The quantitative estimate of drug-likeness (QED) is 0.562. The lowest BCUT2D eigenvalue weighted by Gasteiger charge is -2.32. The van der Waals surface area contributed by atoms with Crippen LogP contribution in [0.15, 0.2) is 30.3 Å². The summed E-state index contributed by atoms with van der Waals surface area (Å²) in [5.41, 5.74) is 0.807. The Hall–Kier alpha value is -1.39. The number of aliphatic hydroxyl groups is 1. The number of hydrogen-bond acceptors (Lipinski definition) is 3. The minimum absolute atomic E-state index is 0.0138. The van der Waals surface area contributed by atoms with Crippen molar-refractivity contribution in [2.75, 3.05) is 33.3 Å². The minimum Gasteiger partial charge on any atom is -0.459 e. The number of ether oxygens (including phenoxy) is 1. The molecule has 0 aliphatic heterocycles. The van der Waals surface area contributed by atoms with Crippen LogP contribution in [-0.4, -0.2) is 55.0 Å². The van der Waals surface area contributed by atoms with Crippen molar-refractivity contribution in [2.24, 2.45) is 5.92 Å². The number of hydrogen-bond donors (Lipinski definition) is 1. The van der Waals surface area contributed by atoms with Gasteiger partial charge in [0.05, 0.1) is 26.2 Å². The molecule has 0 aliphatic rings. The van der Waals surface area contributed by atoms with Gasteiger partial charge in [-0.25, -0.2) is 0 Å². The first-order chi connectivity index (χ1) is 10.8. The molecule has 1 aromatic carbocycles. The van der Waals surface area contributed by atoms with E-state index in [4.69, 9.17) is 4.74 Å². The van der Waals surface area contributed by atoms with Crippen molar-refractivity contribution < 1.29 is 19.1 Å². The Bertz CT molecular complexity index is 469. The summed E-state index contributed by atoms with van der Waals surface area (Å²) in [6.07, 6.45) is -0.747. The van der Waals surface area contributed by atoms with Crippen molar-refractivity contribution in [1.29, 1.82) is 0 Å². The highest BCUT2D eigenvalue weighted by molar-refractivity contribution is 5.79. The number of quaternary nitrogens is 1. The van der Waals surface area contributed by atoms with Crippen LogP contribution in [0.5, 0.6) is 0 Å². The maximum atomic E-state index is 12.6. The maximum Gasteiger partial charge on any atom is 0.316 e. The van der Waals surface area contributed by atoms with Crippen LogP contribution in [0.2, 0.25) is 0 Å². The van der Waals surface area contributed by atoms with E-state index >= 15 is 0 Å². The molecule has 4 nitrogen and oxygen atoms in total. The van der Waals surface area contributed by atoms with E-state index < -0.39 is 12.0 Å². The van der Waals surface area contributed by atoms with E-state index in [1.807, 2.05) is 44.2 Å². The van der Waals surface area contributed by atoms with Crippen LogP contribution in [0.3, 0.4) is 0 Å². The van der Waals surface area contributed by atoms with Crippen LogP contribution in [0.4, 0.5) is 0 Å². The van der Waals surface area contributed by atoms with Crippen LogP contribution in [0.1, 0.15) is 39.2 Å². The Morgan fingerprint density at radius 3 is 2.22 bits per heavy atom. The van der Waals surface area contributed by atoms with Gasteiger partial charge in [-0.15, -0.1) is 0 Å². The molecular formula is C19H32NO3+. The summed E-state index contributed by atoms with van der Waals surface area (Å²) in [6, 6.07) is 9.40. The summed E-state index contributed by atoms with van der Waals surface area (Å²) in [5, 5.41) is 10.5. The van der Waals surface area contributed by atoms with Gasteiger partial charge in [0.25, 0.3) is 0 Å². The fourth-order valence-corrected chi connectivity index (χ4v) is 2.51. The monoisotopic (exact) mass is 322 g/mol. The lowest BCUT2D eigenvalue weighted by Crippen LogP contribution is -2.46. The van der Waals surface area contributed by atoms with E-state index in [1.165, 1.54) is 0 Å². The van der Waals surface area contributed by atoms with Crippen molar-refractivity contribution in [1.82, 2.24) is 0 Å². The topological polar surface area (TPSA) is 46.5 Å². The normalized spacial score (nSPS) is 14.6. The first kappa shape index (κ1) is 19.7. The number of benzene rings is 1. The molecule has 130 valence electrons. The molecule has 23 heavy (non-hydrogen) atoms. The third kappa shape index (κ3) is 5.63. The fraction of sp³-hybridized carbons (Fsp3) is 0.632. The van der Waals surface area contributed by atoms with Gasteiger partial charge in [0, 0.05) is 0 Å². The van der Waals surface area contributed by atoms with Crippen molar-refractivity contribution in [2.45, 2.75) is 39.7 Å². The average Bonchev–Trinajstić information content (AvgIpc) is 2.55. The standard InChI is InChI=1S/C19H32NO3/c1-6-20(5,7-2)13-14-23-19(22)17(18(21)15(3)4)16-11-9-8-10-12-16/h8-12,15,17-18,21H,6-7,13-14H2,1-5H3/q+1. The molecule has 0 spiro atoms. The summed E-state index contributed by atoms with van der Waals surface area (Å²) in [4.78, 5) is 12.6. The molecule has 0 radical (unpaired) electrons. The van der Waals surface area contributed by atoms with Crippen molar-refractivity contribution >= 4 is 5.97 Å². The molecule has 4 heteroatoms. The Balaban J connectivity index is 2.77. The molecule has 0 aromatic heterocycles. The summed E-state index contributed by atoms with van der Waals surface area (Å²) in [6.45, 7) is 11.3. The molecule has 0 fully saturated rings. The highest BCUT2D eigenvalue weighted by Crippen LogP contribution is 2.26. The molecule has 0 saturated carbocycles. The van der Waals surface area contributed by atoms with E-state index in [1.54, 1.807) is 0 Å². The van der Waals surface area contributed by atoms with Crippen LogP contribution >= 0.6 is 0 Å². The number of carbonyl (C=O) groups is 1. The van der Waals surface area contributed by atoms with Crippen LogP contribution in [-0.2, 0) is 9.53 Å². The molecule has 0 bridgehead atoms. The zero-order valence-corrected chi connectivity index (χ0v) is 15.2. The summed E-state index contributed by atoms with van der Waals surface area (Å²) in [7, 11) is 2.16. The third-order valence-corrected chi connectivity index (χ3v) is 4.84. The van der Waals surface area contributed by atoms with E-state index in [-0.39, 0.29) is 11.9 Å². The summed E-state index contributed by atoms with van der Waals surface area (Å²) >= 11 is 0. The van der Waals surface area contributed by atoms with Crippen LogP contribution in [0.25, 0.3) is 0 Å². The van der Waals surface area contributed by atoms with E-state index in [2.05, 4.69) is 20.9 Å². The van der Waals surface area contributed by atoms with Crippen LogP contribution in [0, 0.1) is 5.92 Å². The van der Waals surface area contributed by atoms with E-state index in [9.17, 15) is 9.90 Å². The summed E-state index contributed by atoms with van der Waals surface area (Å²) < 4.78 is 6.39. The lowest BCUT2D eigenvalue weighted by atomic mass is 9.87. The Morgan fingerprint density at radius 2 is 1.74 bits per heavy atom. The predicted molar refractivity (Wildman–Crippen MR) is 93.1 cm³/mol. The largest absolute Gasteiger partial charge is 0.459 e. The highest BCUT2D eigenvalue weighted by Gasteiger charge is 2.32. The molecule has 1 rings (SSSR count). The van der Waals surface area contributed by atoms with Gasteiger partial charge in [-0.05, 0) is 25.3 Å². The van der Waals surface area contributed by atoms with E-state index in [0.29, 0.717) is 6.61 Å². The molecule has 2 atom stereocenters. The fourth-order valence-electron chi connectivity index (χ4n) is 2.51. The van der Waals surface area contributed by atoms with Gasteiger partial charge in [-0.3, -0.25) is 4.79 Å². The van der Waals surface area contributed by atoms with Gasteiger partial charge in [-0.1, -0.05) is 44.2 Å². The second-order valence-corrected chi connectivity index (χ2v) is 6.77. The molecule has 0 saturated heterocycles. The van der Waals surface area contributed by atoms with Gasteiger partial charge in [0.1, 0.15) is 19.1 Å². The molecular weight excluding hydrogens is 290 g/mol. The lowest BCUT2D eigenvalue weighted by molar-refractivity contribution is -0.906. The van der Waals surface area contributed by atoms with E-state index in [0.717, 1.165) is 29.7 Å². The number of likely N-dealkylation sites (N-methyl/N-ethyl adjacent to an activating group) is 1. The van der Waals surface area contributed by atoms with Crippen LogP contribution < -0.4 is 0 Å². The average molecular weight is 322 g/mol. The number of aliphatic hydroxyl groups excluding tert-OH is 1. The maximum absolute atomic E-state index is 12.6. The molecule has 2 unspecified atom stereocenters. The second kappa shape index (κ2) is 9.04. The molecule has 1 aromatic rings. The molecule has 0 aliphatic carbocycles. The number of carbonyl (C=O) groups excluding carboxylic acids is 1. The Kier molecular flexibility index (Phi) is 7.73. The highest BCUT2D eigenvalue weighted by atomic mass is 16.5. The molecule has 1 N–H and O–H groups in total. The second-order valence-electron chi connectivity index (χ2n) is 6.77. The summed E-state index contributed by atoms with van der Waals surface area (Å²) in [5.74, 6) is -0.977. The smallest absolute Gasteiger partial charge is 0.316 e. The first-order valence-corrected chi connectivity index (χ1v) is 8.57. The van der Waals surface area contributed by atoms with Gasteiger partial charge in [-0.2, -0.15) is 0 Å². The Labute approximate surface area is 140 Å². The molecule has 0 heterocycles. The van der Waals surface area contributed by atoms with Crippen molar-refractivity contribution in [3.05, 3.63) is 35.9 Å². The number of nitrogens with zero attached hydrogens (tertiary/aromatic N) is 1. The predicted octanol–water partition coefficient (Wildman–Crippen LogP) is 2.82. The van der Waals surface area contributed by atoms with Gasteiger partial charge >= 0.3 is 5.97 Å². The Morgan fingerprint density at radius 1 is 1.17 bits per heavy atom. The molecule has 0 amide bonds. The van der Waals surface area contributed by atoms with Crippen molar-refractivity contribution in [3.63, 3.8) is 0 Å². The number of rotatable bonds is 9. The zero-order chi connectivity index (χ0) is 17.5. The van der Waals surface area contributed by atoms with Crippen molar-refractivity contribution in [3.8, 4) is 0 Å². The van der Waals surface area contributed by atoms with Gasteiger partial charge in [0.15, 0.2) is 0 Å². The zero-order valence-electron chi connectivity index (χ0n) is 15.2. The minimum atomic E-state index is -0.747. The van der Waals surface area contributed by atoms with Gasteiger partial charge < -0.3 is 14.3 Å².